The van der Waals surface area contributed by atoms with Crippen molar-refractivity contribution in [3.63, 3.8) is 0 Å². The molecule has 0 aliphatic carbocycles. The van der Waals surface area contributed by atoms with Crippen LogP contribution in [0, 0.1) is 5.82 Å². The molecule has 0 bridgehead atoms. The van der Waals surface area contributed by atoms with Gasteiger partial charge in [0.25, 0.3) is 5.91 Å². The average Bonchev–Trinajstić information content (AvgIpc) is 2.97. The van der Waals surface area contributed by atoms with Gasteiger partial charge in [-0.05, 0) is 37.9 Å². The highest BCUT2D eigenvalue weighted by molar-refractivity contribution is 7.15. The summed E-state index contributed by atoms with van der Waals surface area (Å²) in [7, 11) is 0. The number of anilines is 1. The van der Waals surface area contributed by atoms with Crippen molar-refractivity contribution in [2.45, 2.75) is 18.8 Å². The van der Waals surface area contributed by atoms with E-state index in [1.165, 1.54) is 22.4 Å². The van der Waals surface area contributed by atoms with Crippen molar-refractivity contribution >= 4 is 34.8 Å². The minimum absolute atomic E-state index is 0. The van der Waals surface area contributed by atoms with Crippen LogP contribution >= 0.6 is 23.7 Å². The Morgan fingerprint density at radius 2 is 2.09 bits per heavy atom. The van der Waals surface area contributed by atoms with Gasteiger partial charge in [0.15, 0.2) is 5.13 Å². The highest BCUT2D eigenvalue weighted by Gasteiger charge is 2.18. The Morgan fingerprint density at radius 1 is 1.32 bits per heavy atom. The third-order valence-electron chi connectivity index (χ3n) is 3.45. The van der Waals surface area contributed by atoms with Crippen molar-refractivity contribution in [1.29, 1.82) is 0 Å². The molecule has 0 saturated carbocycles. The maximum Gasteiger partial charge on any atom is 0.259 e. The maximum absolute atomic E-state index is 13.1. The lowest BCUT2D eigenvalue weighted by molar-refractivity contribution is 0.102. The Kier molecular flexibility index (Phi) is 5.82. The Morgan fingerprint density at radius 3 is 2.82 bits per heavy atom. The standard InChI is InChI=1S/C14H15FN4OS.ClH/c15-11-5-10(6-17-7-11)13(20)19-14-18-8-12(21-14)9-1-3-16-4-2-9;/h5-9,16H,1-4H2,(H,18,19,20);1H. The molecule has 22 heavy (non-hydrogen) atoms. The molecule has 0 spiro atoms. The lowest BCUT2D eigenvalue weighted by Gasteiger charge is -2.20. The number of carbonyl (C=O) groups excluding carboxylic acids is 1. The van der Waals surface area contributed by atoms with E-state index >= 15 is 0 Å². The third kappa shape index (κ3) is 4.00. The molecule has 3 rings (SSSR count). The van der Waals surface area contributed by atoms with Crippen LogP contribution in [-0.2, 0) is 0 Å². The van der Waals surface area contributed by atoms with Gasteiger partial charge in [0, 0.05) is 17.3 Å². The number of halogens is 2. The fourth-order valence-corrected chi connectivity index (χ4v) is 3.33. The summed E-state index contributed by atoms with van der Waals surface area (Å²) >= 11 is 1.48. The normalized spacial score (nSPS) is 15.1. The third-order valence-corrected chi connectivity index (χ3v) is 4.53. The van der Waals surface area contributed by atoms with E-state index < -0.39 is 11.7 Å². The first kappa shape index (κ1) is 16.8. The number of hydrogen-bond donors (Lipinski definition) is 2. The minimum Gasteiger partial charge on any atom is -0.317 e. The molecule has 8 heteroatoms. The van der Waals surface area contributed by atoms with Crippen LogP contribution in [-0.4, -0.2) is 29.0 Å². The Labute approximate surface area is 137 Å². The summed E-state index contributed by atoms with van der Waals surface area (Å²) in [5, 5.41) is 6.55. The second-order valence-corrected chi connectivity index (χ2v) is 6.00. The number of piperidine rings is 1. The lowest BCUT2D eigenvalue weighted by Crippen LogP contribution is -2.26. The number of amides is 1. The SMILES string of the molecule is Cl.O=C(Nc1ncc(C2CCNCC2)s1)c1cncc(F)c1. The second-order valence-electron chi connectivity index (χ2n) is 4.94. The molecule has 3 heterocycles. The minimum atomic E-state index is -0.530. The molecule has 5 nitrogen and oxygen atoms in total. The van der Waals surface area contributed by atoms with Crippen LogP contribution in [0.15, 0.2) is 24.7 Å². The summed E-state index contributed by atoms with van der Waals surface area (Å²) in [5.74, 6) is -0.421. The number of carbonyl (C=O) groups is 1. The van der Waals surface area contributed by atoms with Gasteiger partial charge in [-0.1, -0.05) is 0 Å². The van der Waals surface area contributed by atoms with Crippen LogP contribution in [0.5, 0.6) is 0 Å². The number of hydrogen-bond acceptors (Lipinski definition) is 5. The molecule has 1 aliphatic heterocycles. The molecule has 1 amide bonds. The summed E-state index contributed by atoms with van der Waals surface area (Å²) in [6.45, 7) is 2.03. The summed E-state index contributed by atoms with van der Waals surface area (Å²) in [4.78, 5) is 21.1. The maximum atomic E-state index is 13.1. The number of pyridine rings is 1. The fraction of sp³-hybridized carbons (Fsp3) is 0.357. The smallest absolute Gasteiger partial charge is 0.259 e. The molecule has 0 unspecified atom stereocenters. The van der Waals surface area contributed by atoms with Gasteiger partial charge in [-0.15, -0.1) is 23.7 Å². The highest BCUT2D eigenvalue weighted by Crippen LogP contribution is 2.31. The van der Waals surface area contributed by atoms with Gasteiger partial charge >= 0.3 is 0 Å². The van der Waals surface area contributed by atoms with Crippen LogP contribution in [0.4, 0.5) is 9.52 Å². The van der Waals surface area contributed by atoms with Crippen LogP contribution in [0.25, 0.3) is 0 Å². The summed E-state index contributed by atoms with van der Waals surface area (Å²) in [5.41, 5.74) is 0.189. The number of aromatic nitrogens is 2. The number of nitrogens with one attached hydrogen (secondary N) is 2. The van der Waals surface area contributed by atoms with Crippen molar-refractivity contribution in [2.24, 2.45) is 0 Å². The van der Waals surface area contributed by atoms with Crippen LogP contribution in [0.3, 0.4) is 0 Å². The van der Waals surface area contributed by atoms with E-state index in [9.17, 15) is 9.18 Å². The lowest BCUT2D eigenvalue weighted by atomic mass is 9.97. The molecule has 2 N–H and O–H groups in total. The number of nitrogens with zero attached hydrogens (tertiary/aromatic N) is 2. The number of thiazole rings is 1. The second kappa shape index (κ2) is 7.62. The summed E-state index contributed by atoms with van der Waals surface area (Å²) < 4.78 is 13.1. The molecule has 0 atom stereocenters. The van der Waals surface area contributed by atoms with E-state index in [-0.39, 0.29) is 18.0 Å². The van der Waals surface area contributed by atoms with E-state index in [0.717, 1.165) is 38.2 Å². The van der Waals surface area contributed by atoms with Crippen molar-refractivity contribution in [3.8, 4) is 0 Å². The zero-order chi connectivity index (χ0) is 14.7. The van der Waals surface area contributed by atoms with Crippen molar-refractivity contribution in [3.05, 3.63) is 40.9 Å². The van der Waals surface area contributed by atoms with E-state index in [4.69, 9.17) is 0 Å². The summed E-state index contributed by atoms with van der Waals surface area (Å²) in [6, 6.07) is 1.16. The molecule has 0 radical (unpaired) electrons. The first-order chi connectivity index (χ1) is 10.2. The average molecular weight is 343 g/mol. The van der Waals surface area contributed by atoms with E-state index in [1.54, 1.807) is 0 Å². The van der Waals surface area contributed by atoms with Gasteiger partial charge < -0.3 is 5.32 Å². The van der Waals surface area contributed by atoms with Gasteiger partial charge in [-0.3, -0.25) is 15.1 Å². The zero-order valence-electron chi connectivity index (χ0n) is 11.7. The van der Waals surface area contributed by atoms with E-state index in [0.29, 0.717) is 11.0 Å². The Bertz CT molecular complexity index is 645. The van der Waals surface area contributed by atoms with E-state index in [2.05, 4.69) is 20.6 Å². The van der Waals surface area contributed by atoms with Crippen molar-refractivity contribution in [2.75, 3.05) is 18.4 Å². The molecule has 2 aromatic heterocycles. The first-order valence-corrected chi connectivity index (χ1v) is 7.62. The van der Waals surface area contributed by atoms with Crippen LogP contribution in [0.2, 0.25) is 0 Å². The molecule has 1 fully saturated rings. The van der Waals surface area contributed by atoms with Gasteiger partial charge in [-0.25, -0.2) is 9.37 Å². The molecule has 0 aromatic carbocycles. The van der Waals surface area contributed by atoms with Crippen LogP contribution < -0.4 is 10.6 Å². The fourth-order valence-electron chi connectivity index (χ4n) is 2.34. The predicted molar refractivity (Wildman–Crippen MR) is 86.4 cm³/mol. The van der Waals surface area contributed by atoms with Crippen molar-refractivity contribution < 1.29 is 9.18 Å². The number of rotatable bonds is 3. The largest absolute Gasteiger partial charge is 0.317 e. The molecule has 1 saturated heterocycles. The molecular formula is C14H16ClFN4OS. The van der Waals surface area contributed by atoms with Gasteiger partial charge in [0.05, 0.1) is 11.8 Å². The topological polar surface area (TPSA) is 66.9 Å². The van der Waals surface area contributed by atoms with E-state index in [1.807, 2.05) is 6.20 Å². The quantitative estimate of drug-likeness (QED) is 0.900. The molecular weight excluding hydrogens is 327 g/mol. The van der Waals surface area contributed by atoms with Crippen molar-refractivity contribution in [1.82, 2.24) is 15.3 Å². The predicted octanol–water partition coefficient (Wildman–Crippen LogP) is 2.82. The monoisotopic (exact) mass is 342 g/mol. The molecule has 2 aromatic rings. The van der Waals surface area contributed by atoms with Gasteiger partial charge in [0.1, 0.15) is 5.82 Å². The van der Waals surface area contributed by atoms with Gasteiger partial charge in [-0.2, -0.15) is 0 Å². The van der Waals surface area contributed by atoms with Crippen LogP contribution in [0.1, 0.15) is 34.0 Å². The first-order valence-electron chi connectivity index (χ1n) is 6.81. The zero-order valence-corrected chi connectivity index (χ0v) is 13.3. The summed E-state index contributed by atoms with van der Waals surface area (Å²) in [6.07, 6.45) is 6.39. The molecule has 118 valence electrons. The van der Waals surface area contributed by atoms with Gasteiger partial charge in [0.2, 0.25) is 0 Å². The Balaban J connectivity index is 0.00000176. The Hall–Kier alpha value is -1.57. The molecule has 1 aliphatic rings. The highest BCUT2D eigenvalue weighted by atomic mass is 35.5.